The number of aliphatic hydroxyl groups is 1. The van der Waals surface area contributed by atoms with E-state index >= 15 is 0 Å². The molecule has 3 heterocycles. The number of nitrogens with zero attached hydrogens (tertiary/aromatic N) is 3. The molecule has 0 fully saturated rings. The Kier molecular flexibility index (Phi) is 3.96. The van der Waals surface area contributed by atoms with Crippen molar-refractivity contribution in [2.24, 2.45) is 0 Å². The predicted octanol–water partition coefficient (Wildman–Crippen LogP) is 2.61. The first-order chi connectivity index (χ1) is 11.2. The summed E-state index contributed by atoms with van der Waals surface area (Å²) in [6.07, 6.45) is -4.41. The van der Waals surface area contributed by atoms with Crippen LogP contribution in [-0.2, 0) is 12.8 Å². The van der Waals surface area contributed by atoms with Crippen molar-refractivity contribution in [2.75, 3.05) is 0 Å². The molecule has 2 N–H and O–H groups in total. The van der Waals surface area contributed by atoms with Gasteiger partial charge in [-0.15, -0.1) is 11.3 Å². The summed E-state index contributed by atoms with van der Waals surface area (Å²) >= 11 is 0.615. The largest absolute Gasteiger partial charge is 0.425 e. The Morgan fingerprint density at radius 2 is 2.12 bits per heavy atom. The van der Waals surface area contributed by atoms with Crippen molar-refractivity contribution < 1.29 is 18.3 Å². The van der Waals surface area contributed by atoms with Crippen molar-refractivity contribution in [3.63, 3.8) is 0 Å². The molecule has 0 aliphatic heterocycles. The van der Waals surface area contributed by atoms with E-state index in [0.29, 0.717) is 22.0 Å². The van der Waals surface area contributed by atoms with Crippen LogP contribution in [0, 0.1) is 6.92 Å². The molecule has 0 saturated heterocycles. The Labute approximate surface area is 137 Å². The monoisotopic (exact) mass is 358 g/mol. The van der Waals surface area contributed by atoms with Gasteiger partial charge in [-0.25, -0.2) is 9.67 Å². The van der Waals surface area contributed by atoms with Crippen molar-refractivity contribution in [1.82, 2.24) is 19.7 Å². The maximum atomic E-state index is 12.8. The van der Waals surface area contributed by atoms with Crippen LogP contribution in [0.5, 0.6) is 0 Å². The zero-order valence-corrected chi connectivity index (χ0v) is 13.5. The minimum absolute atomic E-state index is 0.137. The second-order valence-corrected chi connectivity index (χ2v) is 6.39. The highest BCUT2D eigenvalue weighted by atomic mass is 32.1. The zero-order valence-electron chi connectivity index (χ0n) is 12.7. The first-order valence-electron chi connectivity index (χ1n) is 6.98. The molecule has 128 valence electrons. The van der Waals surface area contributed by atoms with Gasteiger partial charge in [-0.05, 0) is 26.0 Å². The van der Waals surface area contributed by atoms with Crippen LogP contribution in [0.1, 0.15) is 34.2 Å². The summed E-state index contributed by atoms with van der Waals surface area (Å²) in [6, 6.07) is 1.83. The van der Waals surface area contributed by atoms with E-state index in [-0.39, 0.29) is 16.7 Å². The van der Waals surface area contributed by atoms with Crippen LogP contribution in [0.15, 0.2) is 16.9 Å². The average molecular weight is 358 g/mol. The normalized spacial score (nSPS) is 13.6. The van der Waals surface area contributed by atoms with Gasteiger partial charge in [0, 0.05) is 4.88 Å². The number of nitrogens with one attached hydrogen (secondary N) is 1. The molecule has 1 atom stereocenters. The lowest BCUT2D eigenvalue weighted by Gasteiger charge is -2.11. The van der Waals surface area contributed by atoms with Gasteiger partial charge in [0.2, 0.25) is 0 Å². The Bertz CT molecular complexity index is 957. The number of aromatic nitrogens is 4. The highest BCUT2D eigenvalue weighted by Gasteiger charge is 2.33. The van der Waals surface area contributed by atoms with Crippen molar-refractivity contribution in [3.8, 4) is 0 Å². The van der Waals surface area contributed by atoms with E-state index in [1.165, 1.54) is 10.7 Å². The lowest BCUT2D eigenvalue weighted by Crippen LogP contribution is -2.13. The molecule has 0 amide bonds. The highest BCUT2D eigenvalue weighted by molar-refractivity contribution is 7.12. The van der Waals surface area contributed by atoms with Crippen LogP contribution in [0.2, 0.25) is 0 Å². The molecular weight excluding hydrogens is 345 g/mol. The topological polar surface area (TPSA) is 83.8 Å². The summed E-state index contributed by atoms with van der Waals surface area (Å²) in [5.41, 5.74) is -0.0740. The Morgan fingerprint density at radius 1 is 1.42 bits per heavy atom. The molecule has 3 aromatic rings. The predicted molar refractivity (Wildman–Crippen MR) is 81.9 cm³/mol. The third kappa shape index (κ3) is 2.71. The molecule has 0 spiro atoms. The van der Waals surface area contributed by atoms with Gasteiger partial charge in [-0.1, -0.05) is 0 Å². The Hall–Kier alpha value is -2.20. The minimum Gasteiger partial charge on any atom is -0.390 e. The van der Waals surface area contributed by atoms with E-state index in [1.807, 2.05) is 0 Å². The summed E-state index contributed by atoms with van der Waals surface area (Å²) in [5.74, 6) is 0.354. The van der Waals surface area contributed by atoms with Gasteiger partial charge < -0.3 is 10.1 Å². The second-order valence-electron chi connectivity index (χ2n) is 5.28. The molecule has 0 aliphatic carbocycles. The number of hydrogen-bond donors (Lipinski definition) is 2. The number of alkyl halides is 3. The van der Waals surface area contributed by atoms with Crippen LogP contribution in [0.4, 0.5) is 13.2 Å². The summed E-state index contributed by atoms with van der Waals surface area (Å²) in [4.78, 5) is 18.6. The third-order valence-electron chi connectivity index (χ3n) is 3.59. The molecule has 0 aromatic carbocycles. The fourth-order valence-electron chi connectivity index (χ4n) is 2.46. The molecule has 0 aliphatic rings. The van der Waals surface area contributed by atoms with Crippen molar-refractivity contribution >= 4 is 22.4 Å². The van der Waals surface area contributed by atoms with E-state index in [0.717, 1.165) is 6.07 Å². The van der Waals surface area contributed by atoms with E-state index < -0.39 is 29.3 Å². The minimum atomic E-state index is -4.41. The van der Waals surface area contributed by atoms with Gasteiger partial charge in [-0.3, -0.25) is 4.79 Å². The number of thiophene rings is 1. The van der Waals surface area contributed by atoms with Gasteiger partial charge in [0.05, 0.1) is 12.6 Å². The number of halogens is 3. The number of rotatable bonds is 3. The fraction of sp³-hybridized carbons (Fsp3) is 0.357. The summed E-state index contributed by atoms with van der Waals surface area (Å²) in [6.45, 7) is 2.79. The van der Waals surface area contributed by atoms with Crippen molar-refractivity contribution in [1.29, 1.82) is 0 Å². The van der Waals surface area contributed by atoms with E-state index in [2.05, 4.69) is 15.1 Å². The second kappa shape index (κ2) is 5.71. The van der Waals surface area contributed by atoms with Crippen molar-refractivity contribution in [2.45, 2.75) is 32.7 Å². The van der Waals surface area contributed by atoms with Crippen LogP contribution in [0.3, 0.4) is 0 Å². The molecule has 0 bridgehead atoms. The van der Waals surface area contributed by atoms with Gasteiger partial charge in [0.15, 0.2) is 5.65 Å². The highest BCUT2D eigenvalue weighted by Crippen LogP contribution is 2.37. The molecule has 10 heteroatoms. The van der Waals surface area contributed by atoms with Gasteiger partial charge in [-0.2, -0.15) is 18.3 Å². The fourth-order valence-corrected chi connectivity index (χ4v) is 3.37. The molecule has 0 unspecified atom stereocenters. The number of aromatic amines is 1. The maximum absolute atomic E-state index is 12.8. The van der Waals surface area contributed by atoms with Crippen LogP contribution >= 0.6 is 11.3 Å². The van der Waals surface area contributed by atoms with Gasteiger partial charge in [0.1, 0.15) is 21.8 Å². The Morgan fingerprint density at radius 3 is 2.71 bits per heavy atom. The smallest absolute Gasteiger partial charge is 0.390 e. The van der Waals surface area contributed by atoms with E-state index in [4.69, 9.17) is 0 Å². The summed E-state index contributed by atoms with van der Waals surface area (Å²) in [5, 5.41) is 13.7. The van der Waals surface area contributed by atoms with Gasteiger partial charge >= 0.3 is 6.18 Å². The van der Waals surface area contributed by atoms with Crippen molar-refractivity contribution in [3.05, 3.63) is 43.8 Å². The number of aryl methyl sites for hydroxylation is 1. The molecule has 24 heavy (non-hydrogen) atoms. The Balaban J connectivity index is 2.15. The SMILES string of the molecule is Cc1nc2c(c(CO)nn2[C@@H](C)c2ccc(C(F)(F)F)s2)c(=O)[nH]1. The lowest BCUT2D eigenvalue weighted by molar-refractivity contribution is -0.134. The molecule has 0 radical (unpaired) electrons. The first-order valence-corrected chi connectivity index (χ1v) is 7.79. The lowest BCUT2D eigenvalue weighted by atomic mass is 10.2. The number of aliphatic hydroxyl groups excluding tert-OH is 1. The van der Waals surface area contributed by atoms with Crippen LogP contribution in [0.25, 0.3) is 11.0 Å². The number of hydrogen-bond acceptors (Lipinski definition) is 5. The van der Waals surface area contributed by atoms with Crippen LogP contribution < -0.4 is 5.56 Å². The summed E-state index contributed by atoms with van der Waals surface area (Å²) < 4.78 is 39.7. The maximum Gasteiger partial charge on any atom is 0.425 e. The summed E-state index contributed by atoms with van der Waals surface area (Å²) in [7, 11) is 0. The first kappa shape index (κ1) is 16.7. The average Bonchev–Trinajstić information content (AvgIpc) is 3.10. The van der Waals surface area contributed by atoms with E-state index in [9.17, 15) is 23.1 Å². The molecular formula is C14H13F3N4O2S. The third-order valence-corrected chi connectivity index (χ3v) is 4.89. The molecule has 3 rings (SSSR count). The molecule has 0 saturated carbocycles. The standard InChI is InChI=1S/C14H13F3N4O2S/c1-6(9-3-4-10(24-9)14(15,16)17)21-12-11(8(5-22)20-21)13(23)19-7(2)18-12/h3-4,6,22H,5H2,1-2H3,(H,18,19,23)/t6-/m0/s1. The number of fused-ring (bicyclic) bond motifs is 1. The number of H-pyrrole nitrogens is 1. The van der Waals surface area contributed by atoms with Crippen LogP contribution in [-0.4, -0.2) is 24.9 Å². The zero-order chi connectivity index (χ0) is 17.6. The molecule has 6 nitrogen and oxygen atoms in total. The van der Waals surface area contributed by atoms with Gasteiger partial charge in [0.25, 0.3) is 5.56 Å². The quantitative estimate of drug-likeness (QED) is 0.754. The van der Waals surface area contributed by atoms with E-state index in [1.54, 1.807) is 13.8 Å². The molecule has 3 aromatic heterocycles.